The van der Waals surface area contributed by atoms with Gasteiger partial charge in [-0.2, -0.15) is 15.1 Å². The molecule has 1 aliphatic rings. The fourth-order valence-electron chi connectivity index (χ4n) is 4.42. The van der Waals surface area contributed by atoms with E-state index < -0.39 is 0 Å². The molecule has 0 bridgehead atoms. The summed E-state index contributed by atoms with van der Waals surface area (Å²) >= 11 is 0. The van der Waals surface area contributed by atoms with E-state index in [0.29, 0.717) is 23.4 Å². The second-order valence-electron chi connectivity index (χ2n) is 7.84. The zero-order valence-corrected chi connectivity index (χ0v) is 18.0. The normalized spacial score (nSPS) is 15.6. The average Bonchev–Trinajstić information content (AvgIpc) is 3.23. The summed E-state index contributed by atoms with van der Waals surface area (Å²) in [5.74, 6) is 2.10. The molecule has 9 nitrogen and oxygen atoms in total. The van der Waals surface area contributed by atoms with Gasteiger partial charge in [0.15, 0.2) is 5.65 Å². The number of nitrogen functional groups attached to an aromatic ring is 2. The molecule has 0 amide bonds. The van der Waals surface area contributed by atoms with E-state index in [1.54, 1.807) is 20.4 Å². The smallest absolute Gasteiger partial charge is 0.224 e. The Balaban J connectivity index is 1.55. The molecular formula is C23H25N7O2. The molecular weight excluding hydrogens is 406 g/mol. The Labute approximate surface area is 185 Å². The van der Waals surface area contributed by atoms with E-state index >= 15 is 0 Å². The van der Waals surface area contributed by atoms with Gasteiger partial charge in [0.1, 0.15) is 17.3 Å². The lowest BCUT2D eigenvalue weighted by Crippen LogP contribution is -2.37. The van der Waals surface area contributed by atoms with Crippen molar-refractivity contribution in [3.63, 3.8) is 0 Å². The molecule has 9 heteroatoms. The van der Waals surface area contributed by atoms with Crippen LogP contribution >= 0.6 is 0 Å². The molecule has 164 valence electrons. The first kappa shape index (κ1) is 19.9. The second-order valence-corrected chi connectivity index (χ2v) is 7.84. The molecule has 0 radical (unpaired) electrons. The predicted octanol–water partition coefficient (Wildman–Crippen LogP) is 2.81. The van der Waals surface area contributed by atoms with Crippen LogP contribution in [0.15, 0.2) is 48.7 Å². The van der Waals surface area contributed by atoms with Crippen LogP contribution in [0.1, 0.15) is 17.2 Å². The van der Waals surface area contributed by atoms with Crippen molar-refractivity contribution in [1.29, 1.82) is 0 Å². The average molecular weight is 432 g/mol. The van der Waals surface area contributed by atoms with Crippen LogP contribution in [0.4, 0.5) is 17.5 Å². The Bertz CT molecular complexity index is 1290. The topological polar surface area (TPSA) is 117 Å². The fourth-order valence-corrected chi connectivity index (χ4v) is 4.42. The first-order chi connectivity index (χ1) is 15.6. The van der Waals surface area contributed by atoms with Gasteiger partial charge in [-0.3, -0.25) is 0 Å². The number of nitrogens with two attached hydrogens (primary N) is 2. The van der Waals surface area contributed by atoms with E-state index in [2.05, 4.69) is 44.2 Å². The molecule has 4 aromatic rings. The largest absolute Gasteiger partial charge is 0.497 e. The molecule has 1 atom stereocenters. The number of anilines is 3. The lowest BCUT2D eigenvalue weighted by molar-refractivity contribution is 0.395. The summed E-state index contributed by atoms with van der Waals surface area (Å²) in [5, 5.41) is 5.31. The van der Waals surface area contributed by atoms with Crippen molar-refractivity contribution in [2.75, 3.05) is 37.1 Å². The number of hydrogen-bond acceptors (Lipinski definition) is 8. The number of nitrogens with zero attached hydrogens (tertiary/aromatic N) is 5. The van der Waals surface area contributed by atoms with Crippen molar-refractivity contribution in [2.45, 2.75) is 19.0 Å². The Hall–Kier alpha value is -4.01. The number of hydrogen-bond donors (Lipinski definition) is 2. The van der Waals surface area contributed by atoms with Crippen molar-refractivity contribution in [1.82, 2.24) is 19.7 Å². The Morgan fingerprint density at radius 3 is 2.72 bits per heavy atom. The van der Waals surface area contributed by atoms with Crippen molar-refractivity contribution in [3.8, 4) is 11.5 Å². The maximum absolute atomic E-state index is 6.04. The van der Waals surface area contributed by atoms with Crippen molar-refractivity contribution in [2.24, 2.45) is 0 Å². The van der Waals surface area contributed by atoms with Gasteiger partial charge in [0.05, 0.1) is 31.8 Å². The maximum Gasteiger partial charge on any atom is 0.224 e. The summed E-state index contributed by atoms with van der Waals surface area (Å²) in [4.78, 5) is 10.8. The number of aromatic nitrogens is 4. The fraction of sp³-hybridized carbons (Fsp3) is 0.261. The third-order valence-corrected chi connectivity index (χ3v) is 5.91. The molecule has 0 fully saturated rings. The summed E-state index contributed by atoms with van der Waals surface area (Å²) in [5.41, 5.74) is 16.0. The summed E-state index contributed by atoms with van der Waals surface area (Å²) in [6.07, 6.45) is 2.53. The Kier molecular flexibility index (Phi) is 4.93. The molecule has 0 spiro atoms. The Morgan fingerprint density at radius 1 is 1.06 bits per heavy atom. The molecule has 32 heavy (non-hydrogen) atoms. The van der Waals surface area contributed by atoms with Gasteiger partial charge in [-0.05, 0) is 36.2 Å². The predicted molar refractivity (Wildman–Crippen MR) is 124 cm³/mol. The lowest BCUT2D eigenvalue weighted by Gasteiger charge is -2.36. The van der Waals surface area contributed by atoms with Crippen LogP contribution < -0.4 is 25.8 Å². The lowest BCUT2D eigenvalue weighted by atomic mass is 9.97. The molecule has 0 saturated carbocycles. The van der Waals surface area contributed by atoms with Gasteiger partial charge < -0.3 is 25.8 Å². The van der Waals surface area contributed by atoms with E-state index in [-0.39, 0.29) is 12.0 Å². The van der Waals surface area contributed by atoms with E-state index in [1.807, 2.05) is 22.9 Å². The molecule has 4 N–H and O–H groups in total. The summed E-state index contributed by atoms with van der Waals surface area (Å²) in [6, 6.07) is 14.3. The monoisotopic (exact) mass is 431 g/mol. The summed E-state index contributed by atoms with van der Waals surface area (Å²) < 4.78 is 13.0. The number of fused-ring (bicyclic) bond motifs is 2. The molecule has 2 aromatic carbocycles. The van der Waals surface area contributed by atoms with Crippen LogP contribution in [-0.4, -0.2) is 40.5 Å². The molecule has 1 unspecified atom stereocenters. The van der Waals surface area contributed by atoms with Crippen LogP contribution in [0.5, 0.6) is 11.5 Å². The number of para-hydroxylation sites is 1. The molecule has 3 heterocycles. The highest BCUT2D eigenvalue weighted by Gasteiger charge is 2.28. The number of rotatable bonds is 5. The number of ether oxygens (including phenoxy) is 2. The quantitative estimate of drug-likeness (QED) is 0.495. The number of methoxy groups -OCH3 is 2. The highest BCUT2D eigenvalue weighted by molar-refractivity contribution is 5.86. The third-order valence-electron chi connectivity index (χ3n) is 5.91. The van der Waals surface area contributed by atoms with Crippen molar-refractivity contribution in [3.05, 3.63) is 59.8 Å². The van der Waals surface area contributed by atoms with Crippen LogP contribution in [0, 0.1) is 0 Å². The molecule has 0 saturated heterocycles. The van der Waals surface area contributed by atoms with Crippen LogP contribution in [-0.2, 0) is 13.0 Å². The highest BCUT2D eigenvalue weighted by Crippen LogP contribution is 2.36. The number of benzene rings is 2. The van der Waals surface area contributed by atoms with E-state index in [1.165, 1.54) is 11.3 Å². The van der Waals surface area contributed by atoms with Gasteiger partial charge in [0, 0.05) is 24.3 Å². The van der Waals surface area contributed by atoms with Gasteiger partial charge in [-0.1, -0.05) is 18.2 Å². The zero-order chi connectivity index (χ0) is 22.2. The molecule has 1 aliphatic heterocycles. The van der Waals surface area contributed by atoms with Crippen molar-refractivity contribution < 1.29 is 9.47 Å². The maximum atomic E-state index is 6.04. The summed E-state index contributed by atoms with van der Waals surface area (Å²) in [7, 11) is 3.35. The third kappa shape index (κ3) is 3.41. The molecule has 2 aromatic heterocycles. The van der Waals surface area contributed by atoms with Gasteiger partial charge in [-0.25, -0.2) is 4.68 Å². The first-order valence-corrected chi connectivity index (χ1v) is 10.4. The van der Waals surface area contributed by atoms with Crippen LogP contribution in [0.2, 0.25) is 0 Å². The van der Waals surface area contributed by atoms with Gasteiger partial charge >= 0.3 is 0 Å². The van der Waals surface area contributed by atoms with Crippen LogP contribution in [0.25, 0.3) is 11.0 Å². The molecule has 5 rings (SSSR count). The molecule has 0 aliphatic carbocycles. The highest BCUT2D eigenvalue weighted by atomic mass is 16.5. The van der Waals surface area contributed by atoms with Gasteiger partial charge in [-0.15, -0.1) is 0 Å². The standard InChI is InChI=1S/C23H25N7O2/c1-31-17-7-8-20(32-2)15(10-17)12-29-13-16(9-14-5-3-4-6-19(14)29)30-22-18(11-26-30)21(24)27-23(25)28-22/h3-8,10-11,16H,9,12-13H2,1-2H3,(H4,24,25,27,28). The van der Waals surface area contributed by atoms with E-state index in [4.69, 9.17) is 20.9 Å². The van der Waals surface area contributed by atoms with Gasteiger partial charge in [0.2, 0.25) is 5.95 Å². The Morgan fingerprint density at radius 2 is 1.91 bits per heavy atom. The van der Waals surface area contributed by atoms with E-state index in [9.17, 15) is 0 Å². The summed E-state index contributed by atoms with van der Waals surface area (Å²) in [6.45, 7) is 1.39. The second kappa shape index (κ2) is 7.92. The zero-order valence-electron chi connectivity index (χ0n) is 18.0. The van der Waals surface area contributed by atoms with Gasteiger partial charge in [0.25, 0.3) is 0 Å². The van der Waals surface area contributed by atoms with Crippen LogP contribution in [0.3, 0.4) is 0 Å². The minimum atomic E-state index is 0.0488. The van der Waals surface area contributed by atoms with Crippen molar-refractivity contribution >= 4 is 28.5 Å². The minimum Gasteiger partial charge on any atom is -0.497 e. The minimum absolute atomic E-state index is 0.0488. The SMILES string of the molecule is COc1ccc(OC)c(CN2CC(n3ncc4c(N)nc(N)nc43)Cc3ccccc32)c1. The first-order valence-electron chi connectivity index (χ1n) is 10.4. The van der Waals surface area contributed by atoms with E-state index in [0.717, 1.165) is 30.0 Å².